The summed E-state index contributed by atoms with van der Waals surface area (Å²) >= 11 is 0. The summed E-state index contributed by atoms with van der Waals surface area (Å²) in [5.41, 5.74) is 7.64. The highest BCUT2D eigenvalue weighted by Crippen LogP contribution is 2.35. The van der Waals surface area contributed by atoms with Crippen molar-refractivity contribution in [1.29, 1.82) is 0 Å². The molecule has 1 aromatic heterocycles. The molecule has 1 saturated carbocycles. The Morgan fingerprint density at radius 3 is 2.89 bits per heavy atom. The van der Waals surface area contributed by atoms with Gasteiger partial charge in [0.25, 0.3) is 0 Å². The van der Waals surface area contributed by atoms with E-state index in [0.717, 1.165) is 29.5 Å². The zero-order chi connectivity index (χ0) is 12.5. The summed E-state index contributed by atoms with van der Waals surface area (Å²) < 4.78 is 5.74. The fraction of sp³-hybridized carbons (Fsp3) is 0.500. The van der Waals surface area contributed by atoms with Gasteiger partial charge in [-0.1, -0.05) is 12.1 Å². The van der Waals surface area contributed by atoms with Crippen molar-refractivity contribution < 1.29 is 4.42 Å². The second-order valence-electron chi connectivity index (χ2n) is 5.13. The molecule has 4 heteroatoms. The molecule has 1 unspecified atom stereocenters. The molecule has 0 radical (unpaired) electrons. The number of para-hydroxylation sites is 2. The summed E-state index contributed by atoms with van der Waals surface area (Å²) in [7, 11) is 2.10. The number of hydrogen-bond acceptors (Lipinski definition) is 4. The predicted molar refractivity (Wildman–Crippen MR) is 71.0 cm³/mol. The molecular formula is C14H19N3O. The van der Waals surface area contributed by atoms with Gasteiger partial charge in [0.15, 0.2) is 5.58 Å². The molecule has 0 saturated heterocycles. The van der Waals surface area contributed by atoms with Crippen LogP contribution in [0.3, 0.4) is 0 Å². The molecule has 96 valence electrons. The standard InChI is InChI=1S/C14H19N3O/c1-17(12(8-15)10-6-7-10)9-14-16-11-4-2-3-5-13(11)18-14/h2-5,10,12H,6-9,15H2,1H3. The van der Waals surface area contributed by atoms with Gasteiger partial charge in [-0.3, -0.25) is 4.90 Å². The molecule has 1 heterocycles. The Balaban J connectivity index is 1.74. The van der Waals surface area contributed by atoms with Gasteiger partial charge in [0.05, 0.1) is 6.54 Å². The number of nitrogens with zero attached hydrogens (tertiary/aromatic N) is 2. The van der Waals surface area contributed by atoms with E-state index < -0.39 is 0 Å². The van der Waals surface area contributed by atoms with Crippen LogP contribution in [-0.4, -0.2) is 29.5 Å². The van der Waals surface area contributed by atoms with Gasteiger partial charge < -0.3 is 10.2 Å². The fourth-order valence-corrected chi connectivity index (χ4v) is 2.53. The summed E-state index contributed by atoms with van der Waals surface area (Å²) in [5.74, 6) is 1.54. The molecule has 1 fully saturated rings. The number of oxazole rings is 1. The van der Waals surface area contributed by atoms with E-state index in [2.05, 4.69) is 16.9 Å². The van der Waals surface area contributed by atoms with Crippen molar-refractivity contribution in [3.63, 3.8) is 0 Å². The maximum Gasteiger partial charge on any atom is 0.209 e. The van der Waals surface area contributed by atoms with E-state index in [1.54, 1.807) is 0 Å². The topological polar surface area (TPSA) is 55.3 Å². The third-order valence-electron chi connectivity index (χ3n) is 3.70. The van der Waals surface area contributed by atoms with Crippen molar-refractivity contribution in [2.45, 2.75) is 25.4 Å². The molecule has 4 nitrogen and oxygen atoms in total. The highest BCUT2D eigenvalue weighted by atomic mass is 16.3. The molecule has 18 heavy (non-hydrogen) atoms. The van der Waals surface area contributed by atoms with Gasteiger partial charge in [0, 0.05) is 12.6 Å². The van der Waals surface area contributed by atoms with Crippen molar-refractivity contribution >= 4 is 11.1 Å². The molecule has 0 bridgehead atoms. The average molecular weight is 245 g/mol. The van der Waals surface area contributed by atoms with Crippen molar-refractivity contribution in [3.8, 4) is 0 Å². The van der Waals surface area contributed by atoms with Crippen molar-refractivity contribution in [2.75, 3.05) is 13.6 Å². The van der Waals surface area contributed by atoms with Crippen LogP contribution in [0.2, 0.25) is 0 Å². The summed E-state index contributed by atoms with van der Waals surface area (Å²) in [4.78, 5) is 6.77. The number of rotatable bonds is 5. The molecular weight excluding hydrogens is 226 g/mol. The van der Waals surface area contributed by atoms with E-state index in [0.29, 0.717) is 12.6 Å². The minimum absolute atomic E-state index is 0.458. The van der Waals surface area contributed by atoms with Crippen LogP contribution in [0.15, 0.2) is 28.7 Å². The van der Waals surface area contributed by atoms with Gasteiger partial charge in [-0.05, 0) is 37.9 Å². The maximum absolute atomic E-state index is 5.85. The molecule has 1 aromatic carbocycles. The van der Waals surface area contributed by atoms with Crippen LogP contribution in [0.5, 0.6) is 0 Å². The van der Waals surface area contributed by atoms with Gasteiger partial charge in [-0.2, -0.15) is 0 Å². The SMILES string of the molecule is CN(Cc1nc2ccccc2o1)C(CN)C1CC1. The monoisotopic (exact) mass is 245 g/mol. The number of hydrogen-bond donors (Lipinski definition) is 1. The first-order chi connectivity index (χ1) is 8.78. The third kappa shape index (κ3) is 2.26. The summed E-state index contributed by atoms with van der Waals surface area (Å²) in [6.07, 6.45) is 2.61. The van der Waals surface area contributed by atoms with Crippen LogP contribution in [-0.2, 0) is 6.54 Å². The van der Waals surface area contributed by atoms with Crippen LogP contribution in [0, 0.1) is 5.92 Å². The molecule has 2 aromatic rings. The van der Waals surface area contributed by atoms with Crippen molar-refractivity contribution in [1.82, 2.24) is 9.88 Å². The molecule has 2 N–H and O–H groups in total. The Bertz CT molecular complexity index is 500. The first-order valence-corrected chi connectivity index (χ1v) is 6.52. The molecule has 0 spiro atoms. The Kier molecular flexibility index (Phi) is 3.06. The van der Waals surface area contributed by atoms with Crippen molar-refractivity contribution in [2.24, 2.45) is 11.7 Å². The van der Waals surface area contributed by atoms with Gasteiger partial charge in [0.1, 0.15) is 5.52 Å². The lowest BCUT2D eigenvalue weighted by molar-refractivity contribution is 0.198. The lowest BCUT2D eigenvalue weighted by Gasteiger charge is -2.25. The third-order valence-corrected chi connectivity index (χ3v) is 3.70. The number of nitrogens with two attached hydrogens (primary N) is 1. The van der Waals surface area contributed by atoms with Crippen LogP contribution >= 0.6 is 0 Å². The van der Waals surface area contributed by atoms with E-state index in [1.165, 1.54) is 12.8 Å². The van der Waals surface area contributed by atoms with E-state index in [9.17, 15) is 0 Å². The van der Waals surface area contributed by atoms with Gasteiger partial charge in [0.2, 0.25) is 5.89 Å². The van der Waals surface area contributed by atoms with Crippen LogP contribution in [0.1, 0.15) is 18.7 Å². The summed E-state index contributed by atoms with van der Waals surface area (Å²) in [6, 6.07) is 8.33. The Hall–Kier alpha value is -1.39. The normalized spacial score (nSPS) is 17.5. The largest absolute Gasteiger partial charge is 0.439 e. The Labute approximate surface area is 107 Å². The minimum atomic E-state index is 0.458. The highest BCUT2D eigenvalue weighted by molar-refractivity contribution is 5.72. The van der Waals surface area contributed by atoms with E-state index in [4.69, 9.17) is 10.2 Å². The van der Waals surface area contributed by atoms with E-state index in [1.807, 2.05) is 24.3 Å². The number of fused-ring (bicyclic) bond motifs is 1. The fourth-order valence-electron chi connectivity index (χ4n) is 2.53. The predicted octanol–water partition coefficient (Wildman–Crippen LogP) is 2.00. The lowest BCUT2D eigenvalue weighted by Crippen LogP contribution is -2.39. The van der Waals surface area contributed by atoms with Gasteiger partial charge in [-0.15, -0.1) is 0 Å². The number of benzene rings is 1. The van der Waals surface area contributed by atoms with Crippen LogP contribution in [0.4, 0.5) is 0 Å². The van der Waals surface area contributed by atoms with E-state index in [-0.39, 0.29) is 0 Å². The minimum Gasteiger partial charge on any atom is -0.439 e. The number of likely N-dealkylation sites (N-methyl/N-ethyl adjacent to an activating group) is 1. The highest BCUT2D eigenvalue weighted by Gasteiger charge is 2.33. The first kappa shape index (κ1) is 11.7. The van der Waals surface area contributed by atoms with Gasteiger partial charge in [-0.25, -0.2) is 4.98 Å². The first-order valence-electron chi connectivity index (χ1n) is 6.52. The lowest BCUT2D eigenvalue weighted by atomic mass is 10.1. The molecule has 3 rings (SSSR count). The van der Waals surface area contributed by atoms with E-state index >= 15 is 0 Å². The molecule has 0 aliphatic heterocycles. The zero-order valence-corrected chi connectivity index (χ0v) is 10.7. The molecule has 1 aliphatic carbocycles. The second-order valence-corrected chi connectivity index (χ2v) is 5.13. The maximum atomic E-state index is 5.85. The zero-order valence-electron chi connectivity index (χ0n) is 10.7. The second kappa shape index (κ2) is 4.71. The van der Waals surface area contributed by atoms with Gasteiger partial charge >= 0.3 is 0 Å². The average Bonchev–Trinajstić information content (AvgIpc) is 3.09. The number of aromatic nitrogens is 1. The smallest absolute Gasteiger partial charge is 0.209 e. The molecule has 1 atom stereocenters. The summed E-state index contributed by atoms with van der Waals surface area (Å²) in [6.45, 7) is 1.44. The quantitative estimate of drug-likeness (QED) is 0.875. The van der Waals surface area contributed by atoms with Crippen LogP contribution in [0.25, 0.3) is 11.1 Å². The Morgan fingerprint density at radius 1 is 1.44 bits per heavy atom. The molecule has 1 aliphatic rings. The molecule has 0 amide bonds. The summed E-state index contributed by atoms with van der Waals surface area (Å²) in [5, 5.41) is 0. The van der Waals surface area contributed by atoms with Crippen molar-refractivity contribution in [3.05, 3.63) is 30.2 Å². The Morgan fingerprint density at radius 2 is 2.22 bits per heavy atom. The van der Waals surface area contributed by atoms with Crippen LogP contribution < -0.4 is 5.73 Å².